The van der Waals surface area contributed by atoms with E-state index < -0.39 is 0 Å². The molecular formula is C13H19IN2O3. The normalized spacial score (nSPS) is 10.7. The van der Waals surface area contributed by atoms with Crippen LogP contribution in [-0.2, 0) is 4.74 Å². The summed E-state index contributed by atoms with van der Waals surface area (Å²) in [6.45, 7) is 6.15. The number of nitrogens with one attached hydrogen (secondary N) is 1. The molecule has 1 rings (SSSR count). The molecule has 0 atom stereocenters. The fourth-order valence-electron chi connectivity index (χ4n) is 1.48. The van der Waals surface area contributed by atoms with E-state index in [0.717, 1.165) is 16.6 Å². The number of benzene rings is 1. The molecular weight excluding hydrogens is 359 g/mol. The van der Waals surface area contributed by atoms with Crippen molar-refractivity contribution in [3.05, 3.63) is 31.9 Å². The van der Waals surface area contributed by atoms with Crippen LogP contribution in [0.1, 0.15) is 20.3 Å². The van der Waals surface area contributed by atoms with Crippen LogP contribution in [0.3, 0.4) is 0 Å². The van der Waals surface area contributed by atoms with E-state index in [1.54, 1.807) is 12.1 Å². The van der Waals surface area contributed by atoms with Gasteiger partial charge in [-0.25, -0.2) is 0 Å². The Morgan fingerprint density at radius 2 is 2.16 bits per heavy atom. The van der Waals surface area contributed by atoms with Gasteiger partial charge in [-0.3, -0.25) is 10.1 Å². The van der Waals surface area contributed by atoms with Crippen molar-refractivity contribution in [3.63, 3.8) is 0 Å². The molecule has 0 aromatic heterocycles. The Hall–Kier alpha value is -0.890. The molecule has 6 heteroatoms. The van der Waals surface area contributed by atoms with Crippen molar-refractivity contribution in [2.24, 2.45) is 5.92 Å². The molecule has 0 unspecified atom stereocenters. The zero-order valence-corrected chi connectivity index (χ0v) is 13.3. The lowest BCUT2D eigenvalue weighted by molar-refractivity contribution is -0.384. The van der Waals surface area contributed by atoms with E-state index in [1.807, 2.05) is 6.07 Å². The summed E-state index contributed by atoms with van der Waals surface area (Å²) in [5, 5.41) is 14.0. The lowest BCUT2D eigenvalue weighted by Crippen LogP contribution is -2.11. The number of hydrogen-bond donors (Lipinski definition) is 1. The van der Waals surface area contributed by atoms with E-state index in [0.29, 0.717) is 24.8 Å². The average molecular weight is 378 g/mol. The van der Waals surface area contributed by atoms with Gasteiger partial charge in [0.25, 0.3) is 5.69 Å². The highest BCUT2D eigenvalue weighted by Crippen LogP contribution is 2.25. The fourth-order valence-corrected chi connectivity index (χ4v) is 1.96. The minimum Gasteiger partial charge on any atom is -0.380 e. The van der Waals surface area contributed by atoms with E-state index in [9.17, 15) is 10.1 Å². The first-order valence-corrected chi connectivity index (χ1v) is 7.34. The van der Waals surface area contributed by atoms with Gasteiger partial charge in [0, 0.05) is 22.8 Å². The molecule has 1 N–H and O–H groups in total. The minimum atomic E-state index is -0.371. The molecule has 0 radical (unpaired) electrons. The molecule has 0 saturated carbocycles. The molecule has 0 aliphatic carbocycles. The van der Waals surface area contributed by atoms with Crippen molar-refractivity contribution in [2.75, 3.05) is 25.1 Å². The second-order valence-electron chi connectivity index (χ2n) is 4.64. The smallest absolute Gasteiger partial charge is 0.293 e. The summed E-state index contributed by atoms with van der Waals surface area (Å²) in [4.78, 5) is 10.5. The van der Waals surface area contributed by atoms with Gasteiger partial charge < -0.3 is 10.1 Å². The zero-order chi connectivity index (χ0) is 14.3. The van der Waals surface area contributed by atoms with Gasteiger partial charge in [-0.05, 0) is 47.1 Å². The van der Waals surface area contributed by atoms with Crippen LogP contribution < -0.4 is 5.32 Å². The number of halogens is 1. The van der Waals surface area contributed by atoms with Crippen LogP contribution >= 0.6 is 22.6 Å². The number of nitro groups is 1. The number of anilines is 1. The zero-order valence-electron chi connectivity index (χ0n) is 11.2. The first kappa shape index (κ1) is 16.2. The first-order chi connectivity index (χ1) is 9.00. The van der Waals surface area contributed by atoms with Gasteiger partial charge in [0.2, 0.25) is 0 Å². The van der Waals surface area contributed by atoms with Crippen molar-refractivity contribution in [1.29, 1.82) is 0 Å². The van der Waals surface area contributed by atoms with Gasteiger partial charge in [-0.15, -0.1) is 0 Å². The van der Waals surface area contributed by atoms with Gasteiger partial charge in [0.15, 0.2) is 0 Å². The Labute approximate surface area is 127 Å². The van der Waals surface area contributed by atoms with Crippen molar-refractivity contribution < 1.29 is 9.66 Å². The number of nitrogens with zero attached hydrogens (tertiary/aromatic N) is 1. The second-order valence-corrected chi connectivity index (χ2v) is 5.89. The molecule has 1 aromatic carbocycles. The first-order valence-electron chi connectivity index (χ1n) is 6.26. The van der Waals surface area contributed by atoms with E-state index >= 15 is 0 Å². The Balaban J connectivity index is 2.39. The highest BCUT2D eigenvalue weighted by atomic mass is 127. The van der Waals surface area contributed by atoms with Gasteiger partial charge in [-0.2, -0.15) is 0 Å². The molecule has 0 spiro atoms. The number of ether oxygens (including phenoxy) is 1. The molecule has 0 aliphatic rings. The highest BCUT2D eigenvalue weighted by molar-refractivity contribution is 14.1. The predicted octanol–water partition coefficient (Wildman–Crippen LogP) is 3.67. The molecule has 5 nitrogen and oxygen atoms in total. The van der Waals surface area contributed by atoms with Gasteiger partial charge in [0.05, 0.1) is 11.5 Å². The van der Waals surface area contributed by atoms with Crippen LogP contribution in [0.4, 0.5) is 11.4 Å². The molecule has 0 fully saturated rings. The number of nitro benzene ring substituents is 1. The van der Waals surface area contributed by atoms with E-state index in [-0.39, 0.29) is 10.6 Å². The summed E-state index contributed by atoms with van der Waals surface area (Å²) in [5.41, 5.74) is 0.645. The summed E-state index contributed by atoms with van der Waals surface area (Å²) in [6.07, 6.45) is 1.03. The van der Waals surface area contributed by atoms with Crippen molar-refractivity contribution in [3.8, 4) is 0 Å². The molecule has 0 amide bonds. The van der Waals surface area contributed by atoms with Crippen LogP contribution in [-0.4, -0.2) is 24.7 Å². The summed E-state index contributed by atoms with van der Waals surface area (Å²) in [7, 11) is 0. The molecule has 19 heavy (non-hydrogen) atoms. The van der Waals surface area contributed by atoms with Crippen LogP contribution in [0.25, 0.3) is 0 Å². The maximum atomic E-state index is 10.9. The second kappa shape index (κ2) is 8.31. The van der Waals surface area contributed by atoms with Crippen molar-refractivity contribution >= 4 is 34.0 Å². The van der Waals surface area contributed by atoms with Gasteiger partial charge >= 0.3 is 0 Å². The van der Waals surface area contributed by atoms with Gasteiger partial charge in [0.1, 0.15) is 5.69 Å². The van der Waals surface area contributed by atoms with Crippen LogP contribution in [0.15, 0.2) is 18.2 Å². The standard InChI is InChI=1S/C13H19IN2O3/c1-10(2)5-7-19-8-6-15-12-4-3-11(14)9-13(12)16(17)18/h3-4,9-10,15H,5-8H2,1-2H3. The van der Waals surface area contributed by atoms with Crippen LogP contribution in [0, 0.1) is 19.6 Å². The Morgan fingerprint density at radius 3 is 2.79 bits per heavy atom. The lowest BCUT2D eigenvalue weighted by atomic mass is 10.1. The third-order valence-electron chi connectivity index (χ3n) is 2.56. The average Bonchev–Trinajstić information content (AvgIpc) is 2.34. The molecule has 0 heterocycles. The SMILES string of the molecule is CC(C)CCOCCNc1ccc(I)cc1[N+](=O)[O-]. The maximum Gasteiger partial charge on any atom is 0.293 e. The quantitative estimate of drug-likeness (QED) is 0.325. The summed E-state index contributed by atoms with van der Waals surface area (Å²) < 4.78 is 6.31. The molecule has 1 aromatic rings. The molecule has 0 aliphatic heterocycles. The van der Waals surface area contributed by atoms with E-state index in [1.165, 1.54) is 0 Å². The van der Waals surface area contributed by atoms with Crippen LogP contribution in [0.5, 0.6) is 0 Å². The lowest BCUT2D eigenvalue weighted by Gasteiger charge is -2.09. The predicted molar refractivity (Wildman–Crippen MR) is 84.6 cm³/mol. The van der Waals surface area contributed by atoms with E-state index in [4.69, 9.17) is 4.74 Å². The van der Waals surface area contributed by atoms with Gasteiger partial charge in [-0.1, -0.05) is 13.8 Å². The van der Waals surface area contributed by atoms with Crippen molar-refractivity contribution in [1.82, 2.24) is 0 Å². The van der Waals surface area contributed by atoms with E-state index in [2.05, 4.69) is 41.8 Å². The van der Waals surface area contributed by atoms with Crippen LogP contribution in [0.2, 0.25) is 0 Å². The molecule has 106 valence electrons. The third-order valence-corrected chi connectivity index (χ3v) is 3.23. The topological polar surface area (TPSA) is 64.4 Å². The maximum absolute atomic E-state index is 10.9. The minimum absolute atomic E-state index is 0.106. The summed E-state index contributed by atoms with van der Waals surface area (Å²) in [5.74, 6) is 0.630. The Morgan fingerprint density at radius 1 is 1.42 bits per heavy atom. The summed E-state index contributed by atoms with van der Waals surface area (Å²) in [6, 6.07) is 5.13. The van der Waals surface area contributed by atoms with Crippen molar-refractivity contribution in [2.45, 2.75) is 20.3 Å². The largest absolute Gasteiger partial charge is 0.380 e. The number of hydrogen-bond acceptors (Lipinski definition) is 4. The number of rotatable bonds is 8. The monoisotopic (exact) mass is 378 g/mol. The molecule has 0 saturated heterocycles. The highest BCUT2D eigenvalue weighted by Gasteiger charge is 2.13. The molecule has 0 bridgehead atoms. The Bertz CT molecular complexity index is 424. The summed E-state index contributed by atoms with van der Waals surface area (Å²) >= 11 is 2.06. The Kier molecular flexibility index (Phi) is 7.07. The fraction of sp³-hybridized carbons (Fsp3) is 0.538. The third kappa shape index (κ3) is 6.20.